The van der Waals surface area contributed by atoms with E-state index >= 15 is 0 Å². The van der Waals surface area contributed by atoms with Crippen LogP contribution >= 0.6 is 0 Å². The van der Waals surface area contributed by atoms with Crippen LogP contribution in [0.1, 0.15) is 58.3 Å². The van der Waals surface area contributed by atoms with E-state index in [4.69, 9.17) is 11.7 Å². The van der Waals surface area contributed by atoms with Crippen molar-refractivity contribution >= 4 is 0 Å². The number of nitrogens with one attached hydrogen (secondary N) is 1. The van der Waals surface area contributed by atoms with E-state index in [2.05, 4.69) is 12.3 Å². The molecule has 0 rings (SSSR count). The Morgan fingerprint density at radius 2 is 1.36 bits per heavy atom. The molecule has 4 nitrogen and oxygen atoms in total. The molecule has 0 aliphatic heterocycles. The van der Waals surface area contributed by atoms with Crippen molar-refractivity contribution in [2.24, 2.45) is 11.7 Å². The van der Waals surface area contributed by atoms with Crippen molar-refractivity contribution < 1.29 is 0 Å². The van der Waals surface area contributed by atoms with Crippen LogP contribution < -0.4 is 17.1 Å². The Bertz CT molecular complexity index is 106. The monoisotopic (exact) mass is 202 g/mol. The predicted molar refractivity (Wildman–Crippen MR) is 60.8 cm³/mol. The van der Waals surface area contributed by atoms with Gasteiger partial charge in [-0.25, -0.2) is 17.1 Å². The minimum absolute atomic E-state index is 0.877. The largest absolute Gasteiger partial charge is 0.241 e. The van der Waals surface area contributed by atoms with Gasteiger partial charge in [0.05, 0.1) is 0 Å². The highest BCUT2D eigenvalue weighted by Gasteiger charge is 1.92. The van der Waals surface area contributed by atoms with Gasteiger partial charge in [0.15, 0.2) is 0 Å². The van der Waals surface area contributed by atoms with E-state index in [-0.39, 0.29) is 0 Å². The molecule has 0 amide bonds. The normalized spacial score (nSPS) is 11.1. The maximum absolute atomic E-state index is 5.19. The second kappa shape index (κ2) is 10.9. The first-order valence-corrected chi connectivity index (χ1v) is 5.80. The number of nitrogens with zero attached hydrogens (tertiary/aromatic N) is 1. The van der Waals surface area contributed by atoms with Gasteiger partial charge in [0.25, 0.3) is 0 Å². The molecule has 0 saturated heterocycles. The highest BCUT2D eigenvalue weighted by Crippen LogP contribution is 2.07. The third-order valence-corrected chi connectivity index (χ3v) is 2.32. The highest BCUT2D eigenvalue weighted by atomic mass is 15.8. The van der Waals surface area contributed by atoms with Crippen molar-refractivity contribution in [1.82, 2.24) is 10.7 Å². The van der Waals surface area contributed by atoms with Crippen molar-refractivity contribution in [3.63, 3.8) is 0 Å². The van der Waals surface area contributed by atoms with Gasteiger partial charge in [-0.1, -0.05) is 51.9 Å². The van der Waals surface area contributed by atoms with Gasteiger partial charge in [-0.2, -0.15) is 0 Å². The first-order valence-electron chi connectivity index (χ1n) is 5.80. The molecule has 0 unspecified atom stereocenters. The first-order chi connectivity index (χ1) is 6.77. The number of hydrogen-bond donors (Lipinski definition) is 3. The Balaban J connectivity index is 2.85. The van der Waals surface area contributed by atoms with E-state index in [0.717, 1.165) is 18.2 Å². The summed E-state index contributed by atoms with van der Waals surface area (Å²) in [5.41, 5.74) is 2.85. The molecule has 0 aliphatic rings. The quantitative estimate of drug-likeness (QED) is 0.286. The van der Waals surface area contributed by atoms with Gasteiger partial charge in [-0.3, -0.25) is 0 Å². The van der Waals surface area contributed by atoms with E-state index in [1.807, 2.05) is 0 Å². The molecule has 14 heavy (non-hydrogen) atoms. The fourth-order valence-electron chi connectivity index (χ4n) is 1.47. The number of unbranched alkanes of at least 4 members (excludes halogenated alkanes) is 7. The molecule has 0 radical (unpaired) electrons. The van der Waals surface area contributed by atoms with Crippen LogP contribution in [0, 0.1) is 0 Å². The number of hydrazine groups is 3. The van der Waals surface area contributed by atoms with Crippen molar-refractivity contribution in [2.75, 3.05) is 6.54 Å². The molecule has 0 aromatic carbocycles. The maximum atomic E-state index is 5.19. The van der Waals surface area contributed by atoms with E-state index in [1.54, 1.807) is 0 Å². The zero-order valence-corrected chi connectivity index (χ0v) is 9.47. The first kappa shape index (κ1) is 13.8. The summed E-state index contributed by atoms with van der Waals surface area (Å²) in [7, 11) is 0. The molecule has 5 N–H and O–H groups in total. The smallest absolute Gasteiger partial charge is 0.0129 e. The molecule has 0 aromatic heterocycles. The molecule has 0 spiro atoms. The lowest BCUT2D eigenvalue weighted by Crippen LogP contribution is -2.49. The van der Waals surface area contributed by atoms with Gasteiger partial charge < -0.3 is 0 Å². The topological polar surface area (TPSA) is 67.3 Å². The van der Waals surface area contributed by atoms with E-state index in [9.17, 15) is 0 Å². The molecule has 0 aromatic rings. The van der Waals surface area contributed by atoms with Gasteiger partial charge >= 0.3 is 0 Å². The van der Waals surface area contributed by atoms with Crippen molar-refractivity contribution in [3.05, 3.63) is 0 Å². The number of rotatable bonds is 10. The predicted octanol–water partition coefficient (Wildman–Crippen LogP) is 1.68. The van der Waals surface area contributed by atoms with Crippen molar-refractivity contribution in [1.29, 1.82) is 0 Å². The zero-order valence-electron chi connectivity index (χ0n) is 9.47. The van der Waals surface area contributed by atoms with E-state index < -0.39 is 0 Å². The van der Waals surface area contributed by atoms with Crippen LogP contribution in [0.3, 0.4) is 0 Å². The summed E-state index contributed by atoms with van der Waals surface area (Å²) in [5, 5.41) is 1.03. The van der Waals surface area contributed by atoms with Gasteiger partial charge in [-0.05, 0) is 6.42 Å². The van der Waals surface area contributed by atoms with Crippen molar-refractivity contribution in [2.45, 2.75) is 58.3 Å². The standard InChI is InChI=1S/C10H26N4/c1-2-3-4-5-6-7-8-9-10-13-14(11)12/h13H,2-12H2,1H3. The molecule has 0 bridgehead atoms. The summed E-state index contributed by atoms with van der Waals surface area (Å²) < 4.78 is 0. The molecule has 0 fully saturated rings. The number of nitrogens with two attached hydrogens (primary N) is 2. The summed E-state index contributed by atoms with van der Waals surface area (Å²) in [5.74, 6) is 10.4. The molecule has 0 atom stereocenters. The zero-order chi connectivity index (χ0) is 10.6. The number of hydrogen-bond acceptors (Lipinski definition) is 4. The Hall–Kier alpha value is -0.160. The van der Waals surface area contributed by atoms with Crippen LogP contribution in [0.4, 0.5) is 0 Å². The van der Waals surface area contributed by atoms with Gasteiger partial charge in [0.2, 0.25) is 0 Å². The second-order valence-corrected chi connectivity index (χ2v) is 3.79. The van der Waals surface area contributed by atoms with Crippen LogP contribution in [0.5, 0.6) is 0 Å². The summed E-state index contributed by atoms with van der Waals surface area (Å²) in [6.07, 6.45) is 10.6. The molecule has 0 heterocycles. The van der Waals surface area contributed by atoms with Crippen LogP contribution in [0.25, 0.3) is 0 Å². The van der Waals surface area contributed by atoms with Crippen LogP contribution in [0.2, 0.25) is 0 Å². The Morgan fingerprint density at radius 1 is 0.857 bits per heavy atom. The maximum Gasteiger partial charge on any atom is 0.0129 e. The van der Waals surface area contributed by atoms with Crippen LogP contribution in [-0.2, 0) is 0 Å². The average Bonchev–Trinajstić information content (AvgIpc) is 2.15. The second-order valence-electron chi connectivity index (χ2n) is 3.79. The Labute approximate surface area is 87.9 Å². The lowest BCUT2D eigenvalue weighted by molar-refractivity contribution is 0.195. The molecule has 4 heteroatoms. The molecule has 0 aliphatic carbocycles. The lowest BCUT2D eigenvalue weighted by Gasteiger charge is -2.10. The van der Waals surface area contributed by atoms with Crippen molar-refractivity contribution in [3.8, 4) is 0 Å². The van der Waals surface area contributed by atoms with Gasteiger partial charge in [0, 0.05) is 6.54 Å². The summed E-state index contributed by atoms with van der Waals surface area (Å²) >= 11 is 0. The Kier molecular flexibility index (Phi) is 10.8. The molecular formula is C10H26N4. The SMILES string of the molecule is CCCCCCCCCCNN(N)N. The fourth-order valence-corrected chi connectivity index (χ4v) is 1.47. The highest BCUT2D eigenvalue weighted by molar-refractivity contribution is 4.47. The minimum Gasteiger partial charge on any atom is -0.241 e. The summed E-state index contributed by atoms with van der Waals surface area (Å²) in [4.78, 5) is 0. The molecular weight excluding hydrogens is 176 g/mol. The van der Waals surface area contributed by atoms with Crippen LogP contribution in [-0.4, -0.2) is 11.8 Å². The van der Waals surface area contributed by atoms with Gasteiger partial charge in [-0.15, -0.1) is 5.23 Å². The lowest BCUT2D eigenvalue weighted by atomic mass is 10.1. The molecule has 86 valence electrons. The summed E-state index contributed by atoms with van der Waals surface area (Å²) in [6, 6.07) is 0. The summed E-state index contributed by atoms with van der Waals surface area (Å²) in [6.45, 7) is 3.12. The fraction of sp³-hybridized carbons (Fsp3) is 1.00. The average molecular weight is 202 g/mol. The third-order valence-electron chi connectivity index (χ3n) is 2.32. The minimum atomic E-state index is 0.877. The third kappa shape index (κ3) is 11.8. The Morgan fingerprint density at radius 3 is 1.86 bits per heavy atom. The van der Waals surface area contributed by atoms with E-state index in [1.165, 1.54) is 44.9 Å². The van der Waals surface area contributed by atoms with E-state index in [0.29, 0.717) is 0 Å². The van der Waals surface area contributed by atoms with Gasteiger partial charge in [0.1, 0.15) is 0 Å². The van der Waals surface area contributed by atoms with Crippen LogP contribution in [0.15, 0.2) is 0 Å². The molecule has 0 saturated carbocycles.